The van der Waals surface area contributed by atoms with Gasteiger partial charge in [0.15, 0.2) is 12.2 Å². The Morgan fingerprint density at radius 1 is 1.00 bits per heavy atom. The molecule has 0 radical (unpaired) electrons. The molecule has 0 rings (SSSR count). The normalized spacial score (nSPS) is 13.2. The average molecular weight is 315 g/mol. The SMILES string of the molecule is O=C(O)C(O)C(O)C(=O)O.[H-].[K+].[SbH3]. The van der Waals surface area contributed by atoms with Crippen LogP contribution >= 0.6 is 0 Å². The third kappa shape index (κ3) is 6.79. The Bertz CT molecular complexity index is 149. The molecule has 2 unspecified atom stereocenters. The summed E-state index contributed by atoms with van der Waals surface area (Å²) < 4.78 is 0. The third-order valence-corrected chi connectivity index (χ3v) is 0.805. The zero-order valence-electron chi connectivity index (χ0n) is 7.47. The van der Waals surface area contributed by atoms with E-state index >= 15 is 0 Å². The van der Waals surface area contributed by atoms with E-state index in [9.17, 15) is 9.59 Å². The van der Waals surface area contributed by atoms with Crippen LogP contribution in [0.4, 0.5) is 0 Å². The number of carboxylic acids is 2. The van der Waals surface area contributed by atoms with Gasteiger partial charge in [0.05, 0.1) is 0 Å². The van der Waals surface area contributed by atoms with Crippen molar-refractivity contribution in [2.75, 3.05) is 0 Å². The maximum atomic E-state index is 9.77. The zero-order chi connectivity index (χ0) is 8.31. The van der Waals surface area contributed by atoms with Crippen LogP contribution in [0, 0.1) is 0 Å². The number of carboxylic acid groups (broad SMARTS) is 2. The van der Waals surface area contributed by atoms with Crippen molar-refractivity contribution in [2.24, 2.45) is 0 Å². The van der Waals surface area contributed by atoms with E-state index in [0.717, 1.165) is 0 Å². The molecule has 0 aromatic rings. The fourth-order valence-electron chi connectivity index (χ4n) is 0.270. The molecule has 0 heterocycles. The van der Waals surface area contributed by atoms with Crippen LogP contribution in [0.15, 0.2) is 0 Å². The van der Waals surface area contributed by atoms with Gasteiger partial charge in [0.2, 0.25) is 0 Å². The van der Waals surface area contributed by atoms with Crippen molar-refractivity contribution in [3.63, 3.8) is 0 Å². The van der Waals surface area contributed by atoms with Crippen LogP contribution in [0.5, 0.6) is 0 Å². The molecule has 0 amide bonds. The van der Waals surface area contributed by atoms with E-state index in [2.05, 4.69) is 0 Å². The number of rotatable bonds is 3. The summed E-state index contributed by atoms with van der Waals surface area (Å²) in [6.07, 6.45) is -4.53. The van der Waals surface area contributed by atoms with Crippen molar-refractivity contribution in [1.82, 2.24) is 0 Å². The fourth-order valence-corrected chi connectivity index (χ4v) is 0.270. The molecule has 0 aromatic carbocycles. The second-order valence-electron chi connectivity index (χ2n) is 1.57. The van der Waals surface area contributed by atoms with E-state index < -0.39 is 24.1 Å². The van der Waals surface area contributed by atoms with E-state index in [4.69, 9.17) is 20.4 Å². The van der Waals surface area contributed by atoms with E-state index in [0.29, 0.717) is 0 Å². The summed E-state index contributed by atoms with van der Waals surface area (Å²) >= 11 is 0. The van der Waals surface area contributed by atoms with Gasteiger partial charge in [0, 0.05) is 0 Å². The number of carbonyl (C=O) groups is 2. The monoisotopic (exact) mass is 314 g/mol. The van der Waals surface area contributed by atoms with Crippen molar-refractivity contribution in [2.45, 2.75) is 12.2 Å². The average Bonchev–Trinajstić information content (AvgIpc) is 1.84. The van der Waals surface area contributed by atoms with Crippen molar-refractivity contribution in [3.05, 3.63) is 0 Å². The summed E-state index contributed by atoms with van der Waals surface area (Å²) in [5.41, 5.74) is 0. The Hall–Kier alpha value is 1.31. The Morgan fingerprint density at radius 2 is 1.17 bits per heavy atom. The molecule has 0 saturated carbocycles. The first kappa shape index (κ1) is 19.0. The van der Waals surface area contributed by atoms with Gasteiger partial charge in [-0.25, -0.2) is 9.59 Å². The van der Waals surface area contributed by atoms with Crippen LogP contribution in [0.3, 0.4) is 0 Å². The van der Waals surface area contributed by atoms with Gasteiger partial charge in [-0.1, -0.05) is 0 Å². The van der Waals surface area contributed by atoms with E-state index in [1.54, 1.807) is 0 Å². The molecule has 0 aliphatic carbocycles. The summed E-state index contributed by atoms with van der Waals surface area (Å²) in [4.78, 5) is 19.5. The molecule has 0 aromatic heterocycles. The molecule has 0 aliphatic heterocycles. The fraction of sp³-hybridized carbons (Fsp3) is 0.500. The molecule has 0 fully saturated rings. The van der Waals surface area contributed by atoms with Gasteiger partial charge in [-0.2, -0.15) is 0 Å². The first-order valence-electron chi connectivity index (χ1n) is 2.28. The van der Waals surface area contributed by atoms with Gasteiger partial charge in [-0.15, -0.1) is 0 Å². The number of aliphatic carboxylic acids is 2. The van der Waals surface area contributed by atoms with Gasteiger partial charge in [-0.3, -0.25) is 0 Å². The van der Waals surface area contributed by atoms with Crippen molar-refractivity contribution < 1.29 is 82.8 Å². The van der Waals surface area contributed by atoms with Gasteiger partial charge in [0.1, 0.15) is 0 Å². The second kappa shape index (κ2) is 8.89. The van der Waals surface area contributed by atoms with Crippen LogP contribution in [-0.4, -0.2) is 69.0 Å². The Labute approximate surface area is 129 Å². The number of aliphatic hydroxyl groups is 2. The first-order chi connectivity index (χ1) is 4.46. The van der Waals surface area contributed by atoms with Gasteiger partial charge >= 0.3 is 87.8 Å². The standard InChI is InChI=1S/C4H6O6.K.Sb.4H/c5-1(3(7)8)2(6)4(9)10;;;;;;/h1-2,5-6H,(H,7,8)(H,9,10);;;;;;/q;+1;;;;;-1. The third-order valence-electron chi connectivity index (χ3n) is 0.805. The summed E-state index contributed by atoms with van der Waals surface area (Å²) in [7, 11) is 0. The van der Waals surface area contributed by atoms with Crippen molar-refractivity contribution in [3.8, 4) is 0 Å². The predicted molar refractivity (Wildman–Crippen MR) is 38.3 cm³/mol. The number of hydrogen-bond donors (Lipinski definition) is 4. The Balaban J connectivity index is -0.000000135. The summed E-state index contributed by atoms with van der Waals surface area (Å²) in [5, 5.41) is 32.5. The molecule has 8 heteroatoms. The molecule has 12 heavy (non-hydrogen) atoms. The topological polar surface area (TPSA) is 115 Å². The number of hydrogen-bond acceptors (Lipinski definition) is 4. The predicted octanol–water partition coefficient (Wildman–Crippen LogP) is -6.19. The second-order valence-corrected chi connectivity index (χ2v) is 1.57. The summed E-state index contributed by atoms with van der Waals surface area (Å²) in [6, 6.07) is 0. The molecule has 2 atom stereocenters. The van der Waals surface area contributed by atoms with Gasteiger partial charge < -0.3 is 21.9 Å². The zero-order valence-corrected chi connectivity index (χ0v) is 13.6. The molecule has 0 spiro atoms. The molecule has 68 valence electrons. The van der Waals surface area contributed by atoms with E-state index in [1.165, 1.54) is 0 Å². The minimum absolute atomic E-state index is 0. The Morgan fingerprint density at radius 3 is 1.25 bits per heavy atom. The van der Waals surface area contributed by atoms with Crippen LogP contribution in [0.1, 0.15) is 1.43 Å². The Kier molecular flexibility index (Phi) is 14.1. The van der Waals surface area contributed by atoms with Gasteiger partial charge in [-0.05, 0) is 0 Å². The first-order valence-corrected chi connectivity index (χ1v) is 2.28. The van der Waals surface area contributed by atoms with Crippen LogP contribution < -0.4 is 51.4 Å². The van der Waals surface area contributed by atoms with Crippen LogP contribution in [-0.2, 0) is 9.59 Å². The van der Waals surface area contributed by atoms with E-state index in [1.807, 2.05) is 0 Å². The van der Waals surface area contributed by atoms with Crippen molar-refractivity contribution in [1.29, 1.82) is 0 Å². The molecular formula is C4H10KO6Sb. The van der Waals surface area contributed by atoms with Crippen LogP contribution in [0.25, 0.3) is 0 Å². The minimum atomic E-state index is -2.27. The van der Waals surface area contributed by atoms with Crippen molar-refractivity contribution >= 4 is 36.4 Å². The summed E-state index contributed by atoms with van der Waals surface area (Å²) in [5.74, 6) is -3.54. The molecular weight excluding hydrogens is 305 g/mol. The molecule has 6 nitrogen and oxygen atoms in total. The maximum absolute atomic E-state index is 9.77. The molecule has 0 saturated heterocycles. The van der Waals surface area contributed by atoms with E-state index in [-0.39, 0.29) is 77.2 Å². The quantitative estimate of drug-likeness (QED) is 0.385. The van der Waals surface area contributed by atoms with Crippen LogP contribution in [0.2, 0.25) is 0 Å². The number of aliphatic hydroxyl groups excluding tert-OH is 2. The molecule has 0 bridgehead atoms. The summed E-state index contributed by atoms with van der Waals surface area (Å²) in [6.45, 7) is 0. The van der Waals surface area contributed by atoms with Gasteiger partial charge in [0.25, 0.3) is 0 Å². The molecule has 0 aliphatic rings. The molecule has 4 N–H and O–H groups in total.